The van der Waals surface area contributed by atoms with Crippen LogP contribution < -0.4 is 17.7 Å². The molecule has 0 unspecified atom stereocenters. The van der Waals surface area contributed by atoms with Crippen molar-refractivity contribution in [2.75, 3.05) is 34.2 Å². The maximum absolute atomic E-state index is 11.1. The van der Waals surface area contributed by atoms with E-state index >= 15 is 0 Å². The monoisotopic (exact) mass is 234 g/mol. The molecule has 0 fully saturated rings. The average molecular weight is 235 g/mol. The molecule has 0 saturated carbocycles. The van der Waals surface area contributed by atoms with Gasteiger partial charge in [0.2, 0.25) is 5.91 Å². The van der Waals surface area contributed by atoms with Gasteiger partial charge in [0.25, 0.3) is 0 Å². The Balaban J connectivity index is 0. The first-order valence-electron chi connectivity index (χ1n) is 5.20. The van der Waals surface area contributed by atoms with Crippen LogP contribution in [-0.4, -0.2) is 44.6 Å². The van der Waals surface area contributed by atoms with E-state index in [-0.39, 0.29) is 18.3 Å². The molecule has 1 amide bonds. The summed E-state index contributed by atoms with van der Waals surface area (Å²) in [7, 11) is 6.45. The number of carbonyl (C=O) groups excluding carboxylic acids is 1. The molecule has 0 aliphatic heterocycles. The number of hydrogen-bond acceptors (Lipinski definition) is 1. The van der Waals surface area contributed by atoms with E-state index < -0.39 is 0 Å². The Morgan fingerprint density at radius 1 is 1.33 bits per heavy atom. The van der Waals surface area contributed by atoms with Crippen LogP contribution in [0.4, 0.5) is 0 Å². The Hall–Kier alpha value is -0.540. The van der Waals surface area contributed by atoms with Gasteiger partial charge < -0.3 is 22.2 Å². The topological polar surface area (TPSA) is 29.1 Å². The Morgan fingerprint density at radius 2 is 1.93 bits per heavy atom. The molecule has 15 heavy (non-hydrogen) atoms. The second-order valence-electron chi connectivity index (χ2n) is 4.47. The lowest BCUT2D eigenvalue weighted by Crippen LogP contribution is -3.00. The molecule has 0 aromatic carbocycles. The van der Waals surface area contributed by atoms with Crippen LogP contribution in [0.3, 0.4) is 0 Å². The lowest BCUT2D eigenvalue weighted by molar-refractivity contribution is -0.870. The van der Waals surface area contributed by atoms with Gasteiger partial charge in [0.15, 0.2) is 0 Å². The SMILES string of the molecule is CCC=CC(=O)NCCC[N+](C)(C)C.[Cl-]. The molecule has 0 heterocycles. The van der Waals surface area contributed by atoms with Gasteiger partial charge >= 0.3 is 0 Å². The molecule has 0 aromatic rings. The maximum atomic E-state index is 11.1. The molecule has 0 rings (SSSR count). The van der Waals surface area contributed by atoms with Crippen LogP contribution in [0.2, 0.25) is 0 Å². The number of halogens is 1. The van der Waals surface area contributed by atoms with Gasteiger partial charge in [-0.05, 0) is 12.5 Å². The van der Waals surface area contributed by atoms with Gasteiger partial charge in [-0.2, -0.15) is 0 Å². The van der Waals surface area contributed by atoms with Crippen LogP contribution in [0.25, 0.3) is 0 Å². The summed E-state index contributed by atoms with van der Waals surface area (Å²) in [6, 6.07) is 0. The van der Waals surface area contributed by atoms with Gasteiger partial charge in [0, 0.05) is 13.0 Å². The van der Waals surface area contributed by atoms with E-state index in [1.54, 1.807) is 6.08 Å². The second-order valence-corrected chi connectivity index (χ2v) is 4.47. The fraction of sp³-hybridized carbons (Fsp3) is 0.727. The summed E-state index contributed by atoms with van der Waals surface area (Å²) < 4.78 is 0.945. The highest BCUT2D eigenvalue weighted by molar-refractivity contribution is 5.87. The van der Waals surface area contributed by atoms with E-state index in [0.29, 0.717) is 0 Å². The zero-order valence-corrected chi connectivity index (χ0v) is 11.0. The number of hydrogen-bond donors (Lipinski definition) is 1. The number of rotatable bonds is 6. The van der Waals surface area contributed by atoms with Gasteiger partial charge in [-0.3, -0.25) is 4.79 Å². The molecule has 1 N–H and O–H groups in total. The number of carbonyl (C=O) groups is 1. The molecule has 0 aliphatic rings. The molecule has 0 saturated heterocycles. The van der Waals surface area contributed by atoms with Crippen molar-refractivity contribution < 1.29 is 21.7 Å². The average Bonchev–Trinajstić information content (AvgIpc) is 2.07. The Bertz CT molecular complexity index is 197. The minimum Gasteiger partial charge on any atom is -1.00 e. The van der Waals surface area contributed by atoms with Crippen LogP contribution in [0.15, 0.2) is 12.2 Å². The lowest BCUT2D eigenvalue weighted by Gasteiger charge is -2.23. The number of nitrogens with zero attached hydrogens (tertiary/aromatic N) is 1. The molecule has 0 aromatic heterocycles. The largest absolute Gasteiger partial charge is 1.00 e. The molecule has 0 bridgehead atoms. The smallest absolute Gasteiger partial charge is 0.243 e. The summed E-state index contributed by atoms with van der Waals surface area (Å²) >= 11 is 0. The summed E-state index contributed by atoms with van der Waals surface area (Å²) in [5.74, 6) is 0.0215. The van der Waals surface area contributed by atoms with Crippen LogP contribution in [0, 0.1) is 0 Å². The normalized spacial score (nSPS) is 11.2. The highest BCUT2D eigenvalue weighted by atomic mass is 35.5. The third-order valence-electron chi connectivity index (χ3n) is 1.81. The van der Waals surface area contributed by atoms with E-state index in [9.17, 15) is 4.79 Å². The fourth-order valence-electron chi connectivity index (χ4n) is 1.05. The zero-order chi connectivity index (χ0) is 11.0. The summed E-state index contributed by atoms with van der Waals surface area (Å²) in [5, 5.41) is 2.85. The summed E-state index contributed by atoms with van der Waals surface area (Å²) in [6.45, 7) is 3.86. The Labute approximate surface area is 99.5 Å². The van der Waals surface area contributed by atoms with E-state index in [1.165, 1.54) is 0 Å². The summed E-state index contributed by atoms with van der Waals surface area (Å²) in [6.07, 6.45) is 5.41. The van der Waals surface area contributed by atoms with Crippen molar-refractivity contribution in [1.82, 2.24) is 5.32 Å². The van der Waals surface area contributed by atoms with E-state index in [4.69, 9.17) is 0 Å². The first kappa shape index (κ1) is 16.9. The quantitative estimate of drug-likeness (QED) is 0.327. The Kier molecular flexibility index (Phi) is 9.84. The molecule has 0 spiro atoms. The van der Waals surface area contributed by atoms with Crippen LogP contribution >= 0.6 is 0 Å². The van der Waals surface area contributed by atoms with Gasteiger partial charge in [-0.15, -0.1) is 0 Å². The van der Waals surface area contributed by atoms with Crippen molar-refractivity contribution in [1.29, 1.82) is 0 Å². The predicted octanol–water partition coefficient (Wildman–Crippen LogP) is -1.83. The van der Waals surface area contributed by atoms with Gasteiger partial charge in [0.1, 0.15) is 0 Å². The zero-order valence-electron chi connectivity index (χ0n) is 10.2. The standard InChI is InChI=1S/C11H22N2O.ClH/c1-5-6-8-11(14)12-9-7-10-13(2,3)4;/h6,8H,5,7,9-10H2,1-4H3;1H. The van der Waals surface area contributed by atoms with Crippen molar-refractivity contribution >= 4 is 5.91 Å². The van der Waals surface area contributed by atoms with Gasteiger partial charge in [0.05, 0.1) is 27.7 Å². The minimum absolute atomic E-state index is 0. The van der Waals surface area contributed by atoms with Crippen molar-refractivity contribution in [3.8, 4) is 0 Å². The molecule has 3 nitrogen and oxygen atoms in total. The lowest BCUT2D eigenvalue weighted by atomic mass is 10.3. The molecule has 0 aliphatic carbocycles. The van der Waals surface area contributed by atoms with Crippen molar-refractivity contribution in [2.45, 2.75) is 19.8 Å². The van der Waals surface area contributed by atoms with Crippen molar-refractivity contribution in [3.63, 3.8) is 0 Å². The molecular formula is C11H23ClN2O. The molecule has 0 radical (unpaired) electrons. The van der Waals surface area contributed by atoms with E-state index in [0.717, 1.165) is 30.4 Å². The summed E-state index contributed by atoms with van der Waals surface area (Å²) in [4.78, 5) is 11.1. The van der Waals surface area contributed by atoms with Crippen molar-refractivity contribution in [3.05, 3.63) is 12.2 Å². The highest BCUT2D eigenvalue weighted by Gasteiger charge is 2.05. The van der Waals surface area contributed by atoms with Gasteiger partial charge in [-0.25, -0.2) is 0 Å². The number of allylic oxidation sites excluding steroid dienone is 1. The number of amides is 1. The number of nitrogens with one attached hydrogen (secondary N) is 1. The van der Waals surface area contributed by atoms with E-state index in [1.807, 2.05) is 13.0 Å². The summed E-state index contributed by atoms with van der Waals surface area (Å²) in [5.41, 5.74) is 0. The van der Waals surface area contributed by atoms with Crippen LogP contribution in [-0.2, 0) is 4.79 Å². The predicted molar refractivity (Wildman–Crippen MR) is 60.0 cm³/mol. The van der Waals surface area contributed by atoms with Crippen LogP contribution in [0.5, 0.6) is 0 Å². The third-order valence-corrected chi connectivity index (χ3v) is 1.81. The first-order chi connectivity index (χ1) is 6.45. The van der Waals surface area contributed by atoms with Crippen molar-refractivity contribution in [2.24, 2.45) is 0 Å². The van der Waals surface area contributed by atoms with E-state index in [2.05, 4.69) is 26.5 Å². The second kappa shape index (κ2) is 8.74. The molecular weight excluding hydrogens is 212 g/mol. The molecule has 90 valence electrons. The minimum atomic E-state index is 0. The molecule has 0 atom stereocenters. The maximum Gasteiger partial charge on any atom is 0.243 e. The van der Waals surface area contributed by atoms with Gasteiger partial charge in [-0.1, -0.05) is 13.0 Å². The highest BCUT2D eigenvalue weighted by Crippen LogP contribution is 1.91. The third kappa shape index (κ3) is 13.5. The molecule has 4 heteroatoms. The first-order valence-corrected chi connectivity index (χ1v) is 5.20. The Morgan fingerprint density at radius 3 is 2.40 bits per heavy atom. The van der Waals surface area contributed by atoms with Crippen LogP contribution in [0.1, 0.15) is 19.8 Å². The number of quaternary nitrogens is 1. The fourth-order valence-corrected chi connectivity index (χ4v) is 1.05.